The van der Waals surface area contributed by atoms with Crippen LogP contribution in [0.1, 0.15) is 24.0 Å². The van der Waals surface area contributed by atoms with Crippen LogP contribution in [0.5, 0.6) is 11.5 Å². The fourth-order valence-corrected chi connectivity index (χ4v) is 4.86. The molecule has 0 radical (unpaired) electrons. The standard InChI is InChI=1S/C23H21Cl2NO5S2/c1-29-19-11-14(8-9-18(19)31-13-15-16(24)5-3-6-17(15)25)12-20-22(28)26(23(32)33-20)10-4-7-21(27)30-2/h3,5-6,8-9,11-12H,4,7,10,13H2,1-2H3/b20-12-. The second-order valence-electron chi connectivity index (χ2n) is 6.91. The van der Waals surface area contributed by atoms with Gasteiger partial charge in [-0.1, -0.05) is 59.3 Å². The van der Waals surface area contributed by atoms with E-state index in [-0.39, 0.29) is 24.9 Å². The Morgan fingerprint density at radius 2 is 1.88 bits per heavy atom. The Hall–Kier alpha value is -2.26. The molecule has 33 heavy (non-hydrogen) atoms. The van der Waals surface area contributed by atoms with Gasteiger partial charge >= 0.3 is 5.97 Å². The second-order valence-corrected chi connectivity index (χ2v) is 9.40. The molecule has 1 amide bonds. The third-order valence-corrected chi connectivity index (χ3v) is 6.87. The zero-order valence-electron chi connectivity index (χ0n) is 17.9. The van der Waals surface area contributed by atoms with Gasteiger partial charge in [-0.25, -0.2) is 0 Å². The Morgan fingerprint density at radius 1 is 1.15 bits per heavy atom. The minimum atomic E-state index is -0.317. The largest absolute Gasteiger partial charge is 0.493 e. The highest BCUT2D eigenvalue weighted by molar-refractivity contribution is 8.26. The topological polar surface area (TPSA) is 65.1 Å². The van der Waals surface area contributed by atoms with Crippen LogP contribution < -0.4 is 9.47 Å². The van der Waals surface area contributed by atoms with Gasteiger partial charge in [0.15, 0.2) is 11.5 Å². The van der Waals surface area contributed by atoms with Crippen molar-refractivity contribution in [2.24, 2.45) is 0 Å². The zero-order valence-corrected chi connectivity index (χ0v) is 21.1. The highest BCUT2D eigenvalue weighted by atomic mass is 35.5. The summed E-state index contributed by atoms with van der Waals surface area (Å²) in [5.41, 5.74) is 1.44. The molecule has 1 aliphatic rings. The molecule has 10 heteroatoms. The molecule has 1 heterocycles. The number of rotatable bonds is 9. The van der Waals surface area contributed by atoms with E-state index in [1.54, 1.807) is 36.4 Å². The lowest BCUT2D eigenvalue weighted by Gasteiger charge is -2.14. The number of carbonyl (C=O) groups excluding carboxylic acids is 2. The molecular weight excluding hydrogens is 505 g/mol. The van der Waals surface area contributed by atoms with Gasteiger partial charge in [-0.3, -0.25) is 14.5 Å². The van der Waals surface area contributed by atoms with E-state index < -0.39 is 0 Å². The van der Waals surface area contributed by atoms with E-state index in [0.29, 0.717) is 49.3 Å². The molecule has 174 valence electrons. The van der Waals surface area contributed by atoms with Crippen molar-refractivity contribution in [2.75, 3.05) is 20.8 Å². The first-order valence-electron chi connectivity index (χ1n) is 9.90. The predicted molar refractivity (Wildman–Crippen MR) is 135 cm³/mol. The van der Waals surface area contributed by atoms with E-state index >= 15 is 0 Å². The van der Waals surface area contributed by atoms with Crippen molar-refractivity contribution < 1.29 is 23.8 Å². The number of nitrogens with zero attached hydrogens (tertiary/aromatic N) is 1. The molecule has 0 spiro atoms. The Kier molecular flexibility index (Phi) is 9.02. The minimum Gasteiger partial charge on any atom is -0.493 e. The molecule has 2 aromatic carbocycles. The molecule has 0 aliphatic carbocycles. The first-order valence-corrected chi connectivity index (χ1v) is 11.9. The second kappa shape index (κ2) is 11.7. The number of methoxy groups -OCH3 is 2. The lowest BCUT2D eigenvalue weighted by atomic mass is 10.1. The van der Waals surface area contributed by atoms with Crippen LogP contribution in [0.15, 0.2) is 41.3 Å². The number of ether oxygens (including phenoxy) is 3. The number of hydrogen-bond acceptors (Lipinski definition) is 7. The molecule has 6 nitrogen and oxygen atoms in total. The normalized spacial score (nSPS) is 14.7. The predicted octanol–water partition coefficient (Wildman–Crippen LogP) is 5.74. The van der Waals surface area contributed by atoms with Gasteiger partial charge in [0.2, 0.25) is 0 Å². The molecule has 2 aromatic rings. The van der Waals surface area contributed by atoms with Crippen LogP contribution in [0, 0.1) is 0 Å². The number of hydrogen-bond donors (Lipinski definition) is 0. The SMILES string of the molecule is COC(=O)CCCN1C(=O)/C(=C/c2ccc(OCc3c(Cl)cccc3Cl)c(OC)c2)SC1=S. The van der Waals surface area contributed by atoms with Gasteiger partial charge in [-0.05, 0) is 42.3 Å². The Morgan fingerprint density at radius 3 is 2.55 bits per heavy atom. The van der Waals surface area contributed by atoms with Crippen LogP contribution in [0.2, 0.25) is 10.0 Å². The van der Waals surface area contributed by atoms with E-state index in [4.69, 9.17) is 44.9 Å². The summed E-state index contributed by atoms with van der Waals surface area (Å²) in [6, 6.07) is 10.6. The van der Waals surface area contributed by atoms with E-state index in [9.17, 15) is 9.59 Å². The van der Waals surface area contributed by atoms with Crippen molar-refractivity contribution in [2.45, 2.75) is 19.4 Å². The van der Waals surface area contributed by atoms with Crippen LogP contribution in [-0.2, 0) is 20.9 Å². The molecule has 1 saturated heterocycles. The summed E-state index contributed by atoms with van der Waals surface area (Å²) in [6.07, 6.45) is 2.45. The van der Waals surface area contributed by atoms with Gasteiger partial charge in [-0.2, -0.15) is 0 Å². The smallest absolute Gasteiger partial charge is 0.305 e. The molecule has 0 N–H and O–H groups in total. The number of halogens is 2. The van der Waals surface area contributed by atoms with Crippen LogP contribution >= 0.6 is 47.2 Å². The Labute approximate surface area is 211 Å². The van der Waals surface area contributed by atoms with Crippen molar-refractivity contribution in [3.8, 4) is 11.5 Å². The summed E-state index contributed by atoms with van der Waals surface area (Å²) in [5.74, 6) is 0.506. The molecule has 0 unspecified atom stereocenters. The quantitative estimate of drug-likeness (QED) is 0.235. The highest BCUT2D eigenvalue weighted by Crippen LogP contribution is 2.35. The first kappa shape index (κ1) is 25.4. The van der Waals surface area contributed by atoms with Crippen LogP contribution in [0.4, 0.5) is 0 Å². The van der Waals surface area contributed by atoms with Crippen molar-refractivity contribution >= 4 is 69.5 Å². The summed E-state index contributed by atoms with van der Waals surface area (Å²) < 4.78 is 16.4. The molecular formula is C23H21Cl2NO5S2. The lowest BCUT2D eigenvalue weighted by molar-refractivity contribution is -0.141. The van der Waals surface area contributed by atoms with Crippen molar-refractivity contribution in [3.05, 3.63) is 62.5 Å². The van der Waals surface area contributed by atoms with Crippen molar-refractivity contribution in [3.63, 3.8) is 0 Å². The highest BCUT2D eigenvalue weighted by Gasteiger charge is 2.31. The molecule has 1 fully saturated rings. The van der Waals surface area contributed by atoms with Crippen LogP contribution in [-0.4, -0.2) is 41.9 Å². The molecule has 0 saturated carbocycles. The fraction of sp³-hybridized carbons (Fsp3) is 0.261. The summed E-state index contributed by atoms with van der Waals surface area (Å²) >= 11 is 19.0. The van der Waals surface area contributed by atoms with E-state index in [2.05, 4.69) is 4.74 Å². The summed E-state index contributed by atoms with van der Waals surface area (Å²) in [7, 11) is 2.87. The maximum absolute atomic E-state index is 12.8. The molecule has 0 atom stereocenters. The lowest BCUT2D eigenvalue weighted by Crippen LogP contribution is -2.29. The van der Waals surface area contributed by atoms with Crippen molar-refractivity contribution in [1.29, 1.82) is 0 Å². The summed E-state index contributed by atoms with van der Waals surface area (Å²) in [4.78, 5) is 26.0. The number of benzene rings is 2. The zero-order chi connectivity index (χ0) is 24.0. The van der Waals surface area contributed by atoms with Gasteiger partial charge < -0.3 is 14.2 Å². The number of thiocarbonyl (C=S) groups is 1. The average Bonchev–Trinajstić information content (AvgIpc) is 3.06. The van der Waals surface area contributed by atoms with Crippen molar-refractivity contribution in [1.82, 2.24) is 4.90 Å². The number of thioether (sulfide) groups is 1. The number of esters is 1. The first-order chi connectivity index (χ1) is 15.8. The minimum absolute atomic E-state index is 0.179. The number of carbonyl (C=O) groups is 2. The van der Waals surface area contributed by atoms with Gasteiger partial charge in [0.05, 0.1) is 19.1 Å². The molecule has 0 bridgehead atoms. The maximum atomic E-state index is 12.8. The van der Waals surface area contributed by atoms with Crippen LogP contribution in [0.25, 0.3) is 6.08 Å². The fourth-order valence-electron chi connectivity index (χ4n) is 3.04. The average molecular weight is 526 g/mol. The summed E-state index contributed by atoms with van der Waals surface area (Å²) in [5, 5.41) is 1.04. The molecule has 3 rings (SSSR count). The Balaban J connectivity index is 1.70. The maximum Gasteiger partial charge on any atom is 0.305 e. The number of amides is 1. The van der Waals surface area contributed by atoms with E-state index in [1.165, 1.54) is 30.9 Å². The third kappa shape index (κ3) is 6.41. The monoisotopic (exact) mass is 525 g/mol. The van der Waals surface area contributed by atoms with Crippen LogP contribution in [0.3, 0.4) is 0 Å². The van der Waals surface area contributed by atoms with Gasteiger partial charge in [0.25, 0.3) is 5.91 Å². The van der Waals surface area contributed by atoms with E-state index in [0.717, 1.165) is 5.56 Å². The van der Waals surface area contributed by atoms with Gasteiger partial charge in [0.1, 0.15) is 10.9 Å². The third-order valence-electron chi connectivity index (χ3n) is 4.78. The van der Waals surface area contributed by atoms with Gasteiger partial charge in [-0.15, -0.1) is 0 Å². The van der Waals surface area contributed by atoms with E-state index in [1.807, 2.05) is 6.07 Å². The van der Waals surface area contributed by atoms with Gasteiger partial charge in [0, 0.05) is 28.6 Å². The Bertz CT molecular complexity index is 1090. The summed E-state index contributed by atoms with van der Waals surface area (Å²) in [6.45, 7) is 0.538. The molecule has 1 aliphatic heterocycles. The molecule has 0 aromatic heterocycles.